The summed E-state index contributed by atoms with van der Waals surface area (Å²) >= 11 is 0. The van der Waals surface area contributed by atoms with E-state index in [0.717, 1.165) is 18.4 Å². The molecule has 1 heterocycles. The first kappa shape index (κ1) is 17.0. The molecule has 2 atom stereocenters. The lowest BCUT2D eigenvalue weighted by molar-refractivity contribution is 0.147. The van der Waals surface area contributed by atoms with Crippen LogP contribution < -0.4 is 5.32 Å². The Bertz CT molecular complexity index is 242. The van der Waals surface area contributed by atoms with Gasteiger partial charge in [0.25, 0.3) is 0 Å². The maximum atomic E-state index is 3.70. The van der Waals surface area contributed by atoms with E-state index >= 15 is 0 Å². The van der Waals surface area contributed by atoms with Crippen LogP contribution in [0.25, 0.3) is 0 Å². The van der Waals surface area contributed by atoms with Gasteiger partial charge in [-0.2, -0.15) is 0 Å². The summed E-state index contributed by atoms with van der Waals surface area (Å²) in [6, 6.07) is 0.690. The molecule has 0 amide bonds. The minimum Gasteiger partial charge on any atom is -0.311 e. The van der Waals surface area contributed by atoms with Gasteiger partial charge in [0.2, 0.25) is 0 Å². The van der Waals surface area contributed by atoms with Crippen LogP contribution in [0.2, 0.25) is 0 Å². The third-order valence-electron chi connectivity index (χ3n) is 4.54. The van der Waals surface area contributed by atoms with Gasteiger partial charge in [-0.1, -0.05) is 27.2 Å². The average Bonchev–Trinajstić information content (AvgIpc) is 2.53. The van der Waals surface area contributed by atoms with E-state index in [1.807, 2.05) is 0 Å². The highest BCUT2D eigenvalue weighted by atomic mass is 15.2. The van der Waals surface area contributed by atoms with Crippen LogP contribution in [-0.4, -0.2) is 36.1 Å². The lowest BCUT2D eigenvalue weighted by Gasteiger charge is -2.36. The highest BCUT2D eigenvalue weighted by molar-refractivity contribution is 4.83. The van der Waals surface area contributed by atoms with Gasteiger partial charge in [0.1, 0.15) is 0 Å². The Hall–Kier alpha value is -0.0800. The molecular weight excluding hydrogens is 232 g/mol. The second-order valence-corrected chi connectivity index (χ2v) is 7.68. The van der Waals surface area contributed by atoms with Crippen molar-refractivity contribution in [2.24, 2.45) is 11.8 Å². The Kier molecular flexibility index (Phi) is 6.82. The molecule has 1 N–H and O–H groups in total. The van der Waals surface area contributed by atoms with E-state index < -0.39 is 0 Å². The van der Waals surface area contributed by atoms with Crippen LogP contribution in [0.15, 0.2) is 0 Å². The van der Waals surface area contributed by atoms with Gasteiger partial charge in [-0.15, -0.1) is 0 Å². The van der Waals surface area contributed by atoms with E-state index in [-0.39, 0.29) is 5.54 Å². The SMILES string of the molecule is CCC1CCCN(C(CNC(C)(C)C)C(C)C)CC1. The first-order chi connectivity index (χ1) is 8.83. The van der Waals surface area contributed by atoms with Gasteiger partial charge in [-0.3, -0.25) is 4.90 Å². The number of nitrogens with zero attached hydrogens (tertiary/aromatic N) is 1. The van der Waals surface area contributed by atoms with Crippen molar-refractivity contribution in [1.82, 2.24) is 10.2 Å². The third kappa shape index (κ3) is 6.27. The summed E-state index contributed by atoms with van der Waals surface area (Å²) in [6.07, 6.45) is 5.58. The highest BCUT2D eigenvalue weighted by Crippen LogP contribution is 2.23. The number of hydrogen-bond donors (Lipinski definition) is 1. The zero-order chi connectivity index (χ0) is 14.5. The molecule has 0 aromatic carbocycles. The summed E-state index contributed by atoms with van der Waals surface area (Å²) in [6.45, 7) is 17.6. The first-order valence-corrected chi connectivity index (χ1v) is 8.32. The molecule has 19 heavy (non-hydrogen) atoms. The van der Waals surface area contributed by atoms with Crippen molar-refractivity contribution < 1.29 is 0 Å². The Morgan fingerprint density at radius 3 is 2.37 bits per heavy atom. The minimum atomic E-state index is 0.227. The Balaban J connectivity index is 2.55. The monoisotopic (exact) mass is 268 g/mol. The van der Waals surface area contributed by atoms with E-state index in [1.165, 1.54) is 38.8 Å². The molecule has 1 saturated heterocycles. The summed E-state index contributed by atoms with van der Waals surface area (Å²) in [4.78, 5) is 2.75. The zero-order valence-electron chi connectivity index (χ0n) is 14.1. The molecule has 0 aromatic heterocycles. The fourth-order valence-electron chi connectivity index (χ4n) is 3.12. The fraction of sp³-hybridized carbons (Fsp3) is 1.00. The number of nitrogens with one attached hydrogen (secondary N) is 1. The molecule has 2 nitrogen and oxygen atoms in total. The zero-order valence-corrected chi connectivity index (χ0v) is 14.1. The molecule has 0 saturated carbocycles. The van der Waals surface area contributed by atoms with E-state index in [1.54, 1.807) is 0 Å². The minimum absolute atomic E-state index is 0.227. The van der Waals surface area contributed by atoms with Crippen LogP contribution in [0.3, 0.4) is 0 Å². The second kappa shape index (κ2) is 7.64. The molecule has 0 spiro atoms. The van der Waals surface area contributed by atoms with Gasteiger partial charge in [-0.25, -0.2) is 0 Å². The predicted molar refractivity (Wildman–Crippen MR) is 85.6 cm³/mol. The lowest BCUT2D eigenvalue weighted by atomic mass is 9.98. The van der Waals surface area contributed by atoms with E-state index in [4.69, 9.17) is 0 Å². The molecule has 1 rings (SSSR count). The topological polar surface area (TPSA) is 15.3 Å². The van der Waals surface area contributed by atoms with Crippen molar-refractivity contribution in [3.05, 3.63) is 0 Å². The van der Waals surface area contributed by atoms with Crippen molar-refractivity contribution in [1.29, 1.82) is 0 Å². The maximum Gasteiger partial charge on any atom is 0.0243 e. The van der Waals surface area contributed by atoms with Gasteiger partial charge in [0.05, 0.1) is 0 Å². The third-order valence-corrected chi connectivity index (χ3v) is 4.54. The van der Waals surface area contributed by atoms with Crippen molar-refractivity contribution in [3.63, 3.8) is 0 Å². The molecule has 0 aliphatic carbocycles. The van der Waals surface area contributed by atoms with Crippen LogP contribution in [0.1, 0.15) is 67.2 Å². The normalized spacial score (nSPS) is 24.5. The van der Waals surface area contributed by atoms with Crippen molar-refractivity contribution in [2.75, 3.05) is 19.6 Å². The van der Waals surface area contributed by atoms with Crippen molar-refractivity contribution >= 4 is 0 Å². The predicted octanol–water partition coefficient (Wildman–Crippen LogP) is 3.91. The largest absolute Gasteiger partial charge is 0.311 e. The van der Waals surface area contributed by atoms with Gasteiger partial charge >= 0.3 is 0 Å². The molecule has 1 aliphatic heterocycles. The lowest BCUT2D eigenvalue weighted by Crippen LogP contribution is -2.50. The molecule has 2 unspecified atom stereocenters. The molecular formula is C17H36N2. The van der Waals surface area contributed by atoms with E-state index in [2.05, 4.69) is 51.8 Å². The average molecular weight is 268 g/mol. The number of rotatable bonds is 5. The molecule has 0 radical (unpaired) electrons. The van der Waals surface area contributed by atoms with Crippen LogP contribution in [0.5, 0.6) is 0 Å². The quantitative estimate of drug-likeness (QED) is 0.813. The van der Waals surface area contributed by atoms with Crippen LogP contribution in [-0.2, 0) is 0 Å². The summed E-state index contributed by atoms with van der Waals surface area (Å²) in [7, 11) is 0. The first-order valence-electron chi connectivity index (χ1n) is 8.32. The van der Waals surface area contributed by atoms with Crippen molar-refractivity contribution in [3.8, 4) is 0 Å². The van der Waals surface area contributed by atoms with Gasteiger partial charge in [0.15, 0.2) is 0 Å². The molecule has 114 valence electrons. The fourth-order valence-corrected chi connectivity index (χ4v) is 3.12. The summed E-state index contributed by atoms with van der Waals surface area (Å²) in [5.41, 5.74) is 0.227. The van der Waals surface area contributed by atoms with Crippen LogP contribution in [0, 0.1) is 11.8 Å². The second-order valence-electron chi connectivity index (χ2n) is 7.68. The van der Waals surface area contributed by atoms with Gasteiger partial charge < -0.3 is 5.32 Å². The molecule has 2 heteroatoms. The summed E-state index contributed by atoms with van der Waals surface area (Å²) in [5, 5.41) is 3.70. The highest BCUT2D eigenvalue weighted by Gasteiger charge is 2.25. The van der Waals surface area contributed by atoms with Gasteiger partial charge in [-0.05, 0) is 65.0 Å². The molecule has 0 aromatic rings. The Morgan fingerprint density at radius 2 is 1.84 bits per heavy atom. The Morgan fingerprint density at radius 1 is 1.16 bits per heavy atom. The smallest absolute Gasteiger partial charge is 0.0243 e. The van der Waals surface area contributed by atoms with E-state index in [0.29, 0.717) is 6.04 Å². The number of likely N-dealkylation sites (tertiary alicyclic amines) is 1. The van der Waals surface area contributed by atoms with Crippen molar-refractivity contribution in [2.45, 2.75) is 78.8 Å². The summed E-state index contributed by atoms with van der Waals surface area (Å²) in [5.74, 6) is 1.70. The maximum absolute atomic E-state index is 3.70. The van der Waals surface area contributed by atoms with Crippen LogP contribution >= 0.6 is 0 Å². The molecule has 1 aliphatic rings. The van der Waals surface area contributed by atoms with Gasteiger partial charge in [0, 0.05) is 18.1 Å². The molecule has 0 bridgehead atoms. The molecule has 1 fully saturated rings. The number of hydrogen-bond acceptors (Lipinski definition) is 2. The summed E-state index contributed by atoms with van der Waals surface area (Å²) < 4.78 is 0. The Labute approximate surface area is 121 Å². The van der Waals surface area contributed by atoms with E-state index in [9.17, 15) is 0 Å². The standard InChI is InChI=1S/C17H36N2/c1-7-15-9-8-11-19(12-10-15)16(14(2)3)13-18-17(4,5)6/h14-16,18H,7-13H2,1-6H3. The van der Waals surface area contributed by atoms with Crippen LogP contribution in [0.4, 0.5) is 0 Å².